The van der Waals surface area contributed by atoms with Crippen LogP contribution in [0.5, 0.6) is 0 Å². The average molecular weight is 227 g/mol. The second-order valence-corrected chi connectivity index (χ2v) is 4.91. The van der Waals surface area contributed by atoms with E-state index in [0.717, 1.165) is 12.0 Å². The van der Waals surface area contributed by atoms with E-state index in [1.807, 2.05) is 6.07 Å². The predicted octanol–water partition coefficient (Wildman–Crippen LogP) is 4.17. The summed E-state index contributed by atoms with van der Waals surface area (Å²) in [4.78, 5) is 0. The maximum Gasteiger partial charge on any atom is 0.123 e. The topological polar surface area (TPSA) is 0 Å². The molecule has 1 aliphatic carbocycles. The van der Waals surface area contributed by atoms with Gasteiger partial charge in [-0.05, 0) is 42.4 Å². The van der Waals surface area contributed by atoms with E-state index in [4.69, 9.17) is 11.6 Å². The first-order valence-corrected chi connectivity index (χ1v) is 6.08. The Morgan fingerprint density at radius 2 is 2.00 bits per heavy atom. The minimum absolute atomic E-state index is 0.143. The first kappa shape index (κ1) is 10.9. The Labute approximate surface area is 95.4 Å². The van der Waals surface area contributed by atoms with Crippen LogP contribution in [-0.4, -0.2) is 5.88 Å². The molecule has 1 aromatic carbocycles. The van der Waals surface area contributed by atoms with E-state index in [1.165, 1.54) is 31.7 Å². The molecule has 0 radical (unpaired) electrons. The fraction of sp³-hybridized carbons (Fsp3) is 0.538. The van der Waals surface area contributed by atoms with Crippen molar-refractivity contribution in [3.63, 3.8) is 0 Å². The molecule has 0 spiro atoms. The van der Waals surface area contributed by atoms with Crippen molar-refractivity contribution in [3.8, 4) is 0 Å². The van der Waals surface area contributed by atoms with E-state index in [0.29, 0.717) is 5.88 Å². The highest BCUT2D eigenvalue weighted by Gasteiger charge is 2.32. The highest BCUT2D eigenvalue weighted by atomic mass is 35.5. The van der Waals surface area contributed by atoms with Crippen LogP contribution in [0.15, 0.2) is 24.3 Å². The van der Waals surface area contributed by atoms with Crippen LogP contribution in [0.2, 0.25) is 0 Å². The molecule has 0 saturated heterocycles. The van der Waals surface area contributed by atoms with Crippen LogP contribution < -0.4 is 0 Å². The summed E-state index contributed by atoms with van der Waals surface area (Å²) in [5, 5.41) is 0. The van der Waals surface area contributed by atoms with E-state index >= 15 is 0 Å². The van der Waals surface area contributed by atoms with Crippen LogP contribution in [0.3, 0.4) is 0 Å². The average Bonchev–Trinajstić information content (AvgIpc) is 2.67. The zero-order valence-electron chi connectivity index (χ0n) is 8.81. The summed E-state index contributed by atoms with van der Waals surface area (Å²) in [5.74, 6) is 0.555. The first-order chi connectivity index (χ1) is 7.24. The fourth-order valence-corrected chi connectivity index (χ4v) is 2.92. The number of alkyl halides is 1. The molecule has 0 nitrogen and oxygen atoms in total. The lowest BCUT2D eigenvalue weighted by Gasteiger charge is -2.26. The summed E-state index contributed by atoms with van der Waals surface area (Å²) in [7, 11) is 0. The van der Waals surface area contributed by atoms with Crippen molar-refractivity contribution in [2.45, 2.75) is 32.1 Å². The van der Waals surface area contributed by atoms with E-state index in [-0.39, 0.29) is 11.2 Å². The molecular formula is C13H16ClF. The molecule has 0 aliphatic heterocycles. The van der Waals surface area contributed by atoms with Crippen LogP contribution in [0.1, 0.15) is 31.2 Å². The minimum atomic E-state index is -0.143. The summed E-state index contributed by atoms with van der Waals surface area (Å²) in [6, 6.07) is 6.90. The molecule has 1 saturated carbocycles. The van der Waals surface area contributed by atoms with Gasteiger partial charge < -0.3 is 0 Å². The number of hydrogen-bond donors (Lipinski definition) is 0. The third-order valence-electron chi connectivity index (χ3n) is 3.42. The first-order valence-electron chi connectivity index (χ1n) is 5.55. The van der Waals surface area contributed by atoms with Crippen molar-refractivity contribution in [1.82, 2.24) is 0 Å². The Kier molecular flexibility index (Phi) is 3.30. The molecule has 0 N–H and O–H groups in total. The Hall–Kier alpha value is -0.560. The molecule has 0 unspecified atom stereocenters. The maximum atomic E-state index is 13.0. The van der Waals surface area contributed by atoms with Gasteiger partial charge in [-0.25, -0.2) is 4.39 Å². The quantitative estimate of drug-likeness (QED) is 0.679. The molecule has 82 valence electrons. The molecule has 0 aromatic heterocycles. The summed E-state index contributed by atoms with van der Waals surface area (Å²) in [5.41, 5.74) is 1.31. The van der Waals surface area contributed by atoms with Gasteiger partial charge in [-0.1, -0.05) is 25.0 Å². The number of halogens is 2. The lowest BCUT2D eigenvalue weighted by molar-refractivity contribution is 0.340. The number of benzene rings is 1. The van der Waals surface area contributed by atoms with Gasteiger partial charge in [0.2, 0.25) is 0 Å². The Balaban J connectivity index is 2.12. The van der Waals surface area contributed by atoms with E-state index in [9.17, 15) is 4.39 Å². The van der Waals surface area contributed by atoms with Crippen LogP contribution in [-0.2, 0) is 6.42 Å². The van der Waals surface area contributed by atoms with E-state index in [2.05, 4.69) is 0 Å². The van der Waals surface area contributed by atoms with Gasteiger partial charge in [0, 0.05) is 5.88 Å². The zero-order chi connectivity index (χ0) is 10.7. The van der Waals surface area contributed by atoms with Gasteiger partial charge in [0.1, 0.15) is 5.82 Å². The Morgan fingerprint density at radius 1 is 1.27 bits per heavy atom. The summed E-state index contributed by atoms with van der Waals surface area (Å²) >= 11 is 6.06. The Bertz CT molecular complexity index is 329. The zero-order valence-corrected chi connectivity index (χ0v) is 9.56. The second kappa shape index (κ2) is 4.52. The fourth-order valence-electron chi connectivity index (χ4n) is 2.56. The molecule has 2 rings (SSSR count). The standard InChI is InChI=1S/C13H16ClF/c14-10-13(6-1-2-7-13)9-11-4-3-5-12(15)8-11/h3-5,8H,1-2,6-7,9-10H2. The van der Waals surface area contributed by atoms with Crippen LogP contribution in [0.25, 0.3) is 0 Å². The third kappa shape index (κ3) is 2.52. The molecule has 0 bridgehead atoms. The van der Waals surface area contributed by atoms with Crippen molar-refractivity contribution >= 4 is 11.6 Å². The normalized spacial score (nSPS) is 19.3. The predicted molar refractivity (Wildman–Crippen MR) is 61.7 cm³/mol. The van der Waals surface area contributed by atoms with Crippen molar-refractivity contribution in [2.24, 2.45) is 5.41 Å². The molecule has 2 heteroatoms. The van der Waals surface area contributed by atoms with Crippen LogP contribution >= 0.6 is 11.6 Å². The molecule has 0 amide bonds. The largest absolute Gasteiger partial charge is 0.207 e. The van der Waals surface area contributed by atoms with Gasteiger partial charge in [-0.2, -0.15) is 0 Å². The Morgan fingerprint density at radius 3 is 2.60 bits per heavy atom. The summed E-state index contributed by atoms with van der Waals surface area (Å²) in [6.45, 7) is 0. The van der Waals surface area contributed by atoms with Crippen molar-refractivity contribution in [2.75, 3.05) is 5.88 Å². The van der Waals surface area contributed by atoms with Crippen molar-refractivity contribution in [3.05, 3.63) is 35.6 Å². The monoisotopic (exact) mass is 226 g/mol. The van der Waals surface area contributed by atoms with Gasteiger partial charge in [0.25, 0.3) is 0 Å². The molecule has 1 aromatic rings. The summed E-state index contributed by atoms with van der Waals surface area (Å²) < 4.78 is 13.0. The van der Waals surface area contributed by atoms with Crippen molar-refractivity contribution in [1.29, 1.82) is 0 Å². The molecule has 1 aliphatic rings. The van der Waals surface area contributed by atoms with Gasteiger partial charge in [-0.15, -0.1) is 11.6 Å². The van der Waals surface area contributed by atoms with E-state index < -0.39 is 0 Å². The highest BCUT2D eigenvalue weighted by Crippen LogP contribution is 2.41. The molecule has 0 atom stereocenters. The lowest BCUT2D eigenvalue weighted by Crippen LogP contribution is -2.21. The smallest absolute Gasteiger partial charge is 0.123 e. The maximum absolute atomic E-state index is 13.0. The highest BCUT2D eigenvalue weighted by molar-refractivity contribution is 6.18. The van der Waals surface area contributed by atoms with Gasteiger partial charge in [-0.3, -0.25) is 0 Å². The second-order valence-electron chi connectivity index (χ2n) is 4.65. The van der Waals surface area contributed by atoms with Crippen LogP contribution in [0.4, 0.5) is 4.39 Å². The molecular weight excluding hydrogens is 211 g/mol. The van der Waals surface area contributed by atoms with Gasteiger partial charge in [0.05, 0.1) is 0 Å². The molecule has 15 heavy (non-hydrogen) atoms. The van der Waals surface area contributed by atoms with Gasteiger partial charge in [0.15, 0.2) is 0 Å². The number of rotatable bonds is 3. The molecule has 1 fully saturated rings. The van der Waals surface area contributed by atoms with Crippen molar-refractivity contribution < 1.29 is 4.39 Å². The number of hydrogen-bond acceptors (Lipinski definition) is 0. The SMILES string of the molecule is Fc1cccc(CC2(CCl)CCCC2)c1. The summed E-state index contributed by atoms with van der Waals surface area (Å²) in [6.07, 6.45) is 5.83. The van der Waals surface area contributed by atoms with E-state index in [1.54, 1.807) is 12.1 Å². The third-order valence-corrected chi connectivity index (χ3v) is 3.98. The van der Waals surface area contributed by atoms with Crippen LogP contribution in [0, 0.1) is 11.2 Å². The van der Waals surface area contributed by atoms with Gasteiger partial charge >= 0.3 is 0 Å². The minimum Gasteiger partial charge on any atom is -0.207 e. The lowest BCUT2D eigenvalue weighted by atomic mass is 9.82. The molecule has 0 heterocycles.